The quantitative estimate of drug-likeness (QED) is 0.276. The maximum absolute atomic E-state index is 6.13. The van der Waals surface area contributed by atoms with Crippen molar-refractivity contribution in [3.05, 3.63) is 75.9 Å². The molecule has 0 aliphatic heterocycles. The second kappa shape index (κ2) is 9.40. The molecule has 108 valence electrons. The van der Waals surface area contributed by atoms with Crippen LogP contribution in [0.2, 0.25) is 6.86 Å². The third kappa shape index (κ3) is 4.22. The SMILES string of the molecule is C=CC[C](C=C)(CC=C)[Sn](=[S])[C](C=C)(CC=C)CC=C. The molecule has 0 nitrogen and oxygen atoms in total. The van der Waals surface area contributed by atoms with E-state index in [-0.39, 0.29) is 6.86 Å². The molecular formula is C18H26SSn. The van der Waals surface area contributed by atoms with Gasteiger partial charge in [-0.15, -0.1) is 0 Å². The molecule has 0 heterocycles. The zero-order valence-corrected chi connectivity index (χ0v) is 16.1. The molecule has 0 saturated heterocycles. The molecular weight excluding hydrogens is 367 g/mol. The molecule has 0 saturated carbocycles. The summed E-state index contributed by atoms with van der Waals surface area (Å²) in [6.07, 6.45) is 15.4. The first-order chi connectivity index (χ1) is 9.52. The molecule has 0 aromatic heterocycles. The van der Waals surface area contributed by atoms with Gasteiger partial charge in [0.2, 0.25) is 0 Å². The third-order valence-corrected chi connectivity index (χ3v) is 17.8. The van der Waals surface area contributed by atoms with Crippen LogP contribution >= 0.6 is 9.29 Å². The van der Waals surface area contributed by atoms with Gasteiger partial charge in [0.05, 0.1) is 0 Å². The predicted octanol–water partition coefficient (Wildman–Crippen LogP) is 6.33. The van der Waals surface area contributed by atoms with Crippen LogP contribution in [0.4, 0.5) is 0 Å². The molecule has 0 atom stereocenters. The Morgan fingerprint density at radius 2 is 0.900 bits per heavy atom. The number of hydrogen-bond acceptors (Lipinski definition) is 1. The molecule has 0 aromatic rings. The fraction of sp³-hybridized carbons (Fsp3) is 0.333. The Kier molecular flexibility index (Phi) is 9.15. The monoisotopic (exact) mass is 394 g/mol. The molecule has 2 heteroatoms. The average Bonchev–Trinajstić information content (AvgIpc) is 2.45. The van der Waals surface area contributed by atoms with Crippen molar-refractivity contribution >= 4 is 27.1 Å². The van der Waals surface area contributed by atoms with Crippen molar-refractivity contribution in [2.24, 2.45) is 0 Å². The fourth-order valence-corrected chi connectivity index (χ4v) is 13.6. The van der Waals surface area contributed by atoms with Gasteiger partial charge in [0, 0.05) is 0 Å². The Hall–Kier alpha value is -0.541. The molecule has 0 N–H and O–H groups in total. The molecule has 0 fully saturated rings. The van der Waals surface area contributed by atoms with Gasteiger partial charge < -0.3 is 0 Å². The normalized spacial score (nSPS) is 11.2. The molecule has 0 aliphatic rings. The first kappa shape index (κ1) is 19.5. The summed E-state index contributed by atoms with van der Waals surface area (Å²) >= 11 is -2.39. The van der Waals surface area contributed by atoms with Gasteiger partial charge >= 0.3 is 136 Å². The zero-order chi connectivity index (χ0) is 15.6. The second-order valence-corrected chi connectivity index (χ2v) is 15.3. The van der Waals surface area contributed by atoms with Crippen molar-refractivity contribution in [3.63, 3.8) is 0 Å². The van der Waals surface area contributed by atoms with E-state index in [0.717, 1.165) is 25.7 Å². The topological polar surface area (TPSA) is 0 Å². The zero-order valence-electron chi connectivity index (χ0n) is 12.4. The van der Waals surface area contributed by atoms with Crippen molar-refractivity contribution in [2.45, 2.75) is 32.5 Å². The third-order valence-electron chi connectivity index (χ3n) is 3.72. The Balaban J connectivity index is 5.89. The van der Waals surface area contributed by atoms with Gasteiger partial charge in [0.15, 0.2) is 0 Å². The molecule has 0 aliphatic carbocycles. The van der Waals surface area contributed by atoms with Gasteiger partial charge in [-0.2, -0.15) is 0 Å². The second-order valence-electron chi connectivity index (χ2n) is 5.02. The summed E-state index contributed by atoms with van der Waals surface area (Å²) in [5.41, 5.74) is 0. The van der Waals surface area contributed by atoms with Gasteiger partial charge in [-0.25, -0.2) is 0 Å². The molecule has 0 radical (unpaired) electrons. The predicted molar refractivity (Wildman–Crippen MR) is 98.4 cm³/mol. The van der Waals surface area contributed by atoms with E-state index >= 15 is 0 Å². The van der Waals surface area contributed by atoms with E-state index in [2.05, 4.69) is 39.5 Å². The van der Waals surface area contributed by atoms with Gasteiger partial charge in [-0.3, -0.25) is 0 Å². The fourth-order valence-electron chi connectivity index (χ4n) is 2.58. The maximum atomic E-state index is 6.13. The van der Waals surface area contributed by atoms with E-state index in [4.69, 9.17) is 9.29 Å². The van der Waals surface area contributed by atoms with Crippen LogP contribution in [-0.2, 0) is 0 Å². The Morgan fingerprint density at radius 3 is 1.05 bits per heavy atom. The van der Waals surface area contributed by atoms with Crippen molar-refractivity contribution in [1.82, 2.24) is 0 Å². The van der Waals surface area contributed by atoms with Crippen LogP contribution in [0.1, 0.15) is 25.7 Å². The van der Waals surface area contributed by atoms with E-state index < -0.39 is 17.8 Å². The van der Waals surface area contributed by atoms with Gasteiger partial charge in [-0.1, -0.05) is 0 Å². The van der Waals surface area contributed by atoms with Gasteiger partial charge in [-0.05, 0) is 0 Å². The number of allylic oxidation sites excluding steroid dienone is 6. The van der Waals surface area contributed by atoms with Crippen LogP contribution < -0.4 is 0 Å². The minimum atomic E-state index is -2.39. The molecule has 0 unspecified atom stereocenters. The van der Waals surface area contributed by atoms with Crippen molar-refractivity contribution in [2.75, 3.05) is 0 Å². The number of hydrogen-bond donors (Lipinski definition) is 0. The number of rotatable bonds is 12. The summed E-state index contributed by atoms with van der Waals surface area (Å²) in [5, 5.41) is 0. The minimum absolute atomic E-state index is 0.0404. The average molecular weight is 393 g/mol. The standard InChI is InChI=1S/2C9H13.S.Sn/c2*1-4-7-9(6-3)8-5-2;;/h2*4-6H,1-3,7-8H2;;. The summed E-state index contributed by atoms with van der Waals surface area (Å²) in [5.74, 6) is 0. The summed E-state index contributed by atoms with van der Waals surface area (Å²) < 4.78 is -0.0808. The Labute approximate surface area is 135 Å². The Morgan fingerprint density at radius 1 is 0.650 bits per heavy atom. The van der Waals surface area contributed by atoms with E-state index in [1.54, 1.807) is 0 Å². The molecule has 0 bridgehead atoms. The molecule has 0 aromatic carbocycles. The van der Waals surface area contributed by atoms with Crippen molar-refractivity contribution < 1.29 is 0 Å². The van der Waals surface area contributed by atoms with E-state index in [1.165, 1.54) is 0 Å². The first-order valence-electron chi connectivity index (χ1n) is 6.78. The van der Waals surface area contributed by atoms with Crippen molar-refractivity contribution in [1.29, 1.82) is 0 Å². The summed E-state index contributed by atoms with van der Waals surface area (Å²) in [6, 6.07) is 0. The van der Waals surface area contributed by atoms with Crippen LogP contribution in [-0.4, -0.2) is 17.8 Å². The van der Waals surface area contributed by atoms with Crippen LogP contribution in [0.3, 0.4) is 0 Å². The van der Waals surface area contributed by atoms with E-state index in [9.17, 15) is 0 Å². The summed E-state index contributed by atoms with van der Waals surface area (Å²) in [7, 11) is 6.13. The summed E-state index contributed by atoms with van der Waals surface area (Å²) in [6.45, 7) is 23.7. The summed E-state index contributed by atoms with van der Waals surface area (Å²) in [4.78, 5) is 0. The van der Waals surface area contributed by atoms with Crippen molar-refractivity contribution in [3.8, 4) is 0 Å². The van der Waals surface area contributed by atoms with Crippen LogP contribution in [0, 0.1) is 0 Å². The molecule has 0 spiro atoms. The Bertz CT molecular complexity index is 359. The van der Waals surface area contributed by atoms with Crippen LogP contribution in [0.5, 0.6) is 0 Å². The van der Waals surface area contributed by atoms with Gasteiger partial charge in [0.1, 0.15) is 0 Å². The first-order valence-corrected chi connectivity index (χ1v) is 13.5. The van der Waals surface area contributed by atoms with Gasteiger partial charge in [0.25, 0.3) is 0 Å². The van der Waals surface area contributed by atoms with E-state index in [0.29, 0.717) is 0 Å². The molecule has 0 rings (SSSR count). The molecule has 20 heavy (non-hydrogen) atoms. The molecule has 0 amide bonds. The van der Waals surface area contributed by atoms with E-state index in [1.807, 2.05) is 36.5 Å². The van der Waals surface area contributed by atoms with Crippen LogP contribution in [0.15, 0.2) is 75.9 Å². The van der Waals surface area contributed by atoms with Crippen LogP contribution in [0.25, 0.3) is 0 Å².